The van der Waals surface area contributed by atoms with Gasteiger partial charge in [0.1, 0.15) is 5.92 Å². The molecule has 1 unspecified atom stereocenters. The van der Waals surface area contributed by atoms with Crippen LogP contribution in [0.15, 0.2) is 77.8 Å². The fraction of sp³-hybridized carbons (Fsp3) is 0.192. The van der Waals surface area contributed by atoms with E-state index in [1.807, 2.05) is 42.5 Å². The summed E-state index contributed by atoms with van der Waals surface area (Å²) < 4.78 is 0. The first-order valence-electron chi connectivity index (χ1n) is 10.5. The van der Waals surface area contributed by atoms with Gasteiger partial charge in [-0.1, -0.05) is 42.5 Å². The number of carboxylic acid groups (broad SMARTS) is 1. The zero-order valence-electron chi connectivity index (χ0n) is 18.1. The Morgan fingerprint density at radius 3 is 2.31 bits per heavy atom. The molecular formula is C26H25N3O3. The number of amides is 1. The van der Waals surface area contributed by atoms with Crippen molar-refractivity contribution in [3.63, 3.8) is 0 Å². The Labute approximate surface area is 187 Å². The van der Waals surface area contributed by atoms with Crippen LogP contribution < -0.4 is 5.32 Å². The fourth-order valence-electron chi connectivity index (χ4n) is 4.02. The normalized spacial score (nSPS) is 15.5. The van der Waals surface area contributed by atoms with E-state index in [9.17, 15) is 14.7 Å². The number of carbonyl (C=O) groups is 2. The smallest absolute Gasteiger partial charge is 0.335 e. The molecule has 1 heterocycles. The summed E-state index contributed by atoms with van der Waals surface area (Å²) in [5.41, 5.74) is 5.27. The van der Waals surface area contributed by atoms with E-state index in [0.29, 0.717) is 17.0 Å². The van der Waals surface area contributed by atoms with Crippen LogP contribution in [0.25, 0.3) is 0 Å². The summed E-state index contributed by atoms with van der Waals surface area (Å²) in [6, 6.07) is 23.0. The minimum absolute atomic E-state index is 0.155. The van der Waals surface area contributed by atoms with Crippen molar-refractivity contribution in [1.82, 2.24) is 4.90 Å². The van der Waals surface area contributed by atoms with Crippen molar-refractivity contribution in [2.45, 2.75) is 25.9 Å². The maximum atomic E-state index is 12.5. The number of carbonyl (C=O) groups excluding carboxylic acids is 1. The van der Waals surface area contributed by atoms with Crippen LogP contribution in [0.3, 0.4) is 0 Å². The van der Waals surface area contributed by atoms with E-state index in [2.05, 4.69) is 34.4 Å². The van der Waals surface area contributed by atoms with Crippen LogP contribution >= 0.6 is 0 Å². The van der Waals surface area contributed by atoms with Crippen LogP contribution in [-0.2, 0) is 17.9 Å². The molecule has 3 aromatic carbocycles. The van der Waals surface area contributed by atoms with Crippen molar-refractivity contribution in [1.29, 1.82) is 0 Å². The average Bonchev–Trinajstić information content (AvgIpc) is 3.10. The Kier molecular flexibility index (Phi) is 6.14. The molecule has 0 aliphatic carbocycles. The predicted octanol–water partition coefficient (Wildman–Crippen LogP) is 4.85. The molecule has 6 nitrogen and oxygen atoms in total. The Bertz CT molecular complexity index is 1170. The van der Waals surface area contributed by atoms with Gasteiger partial charge in [-0.2, -0.15) is 0 Å². The number of aliphatic imine (C=N–C) groups is 1. The molecule has 1 aliphatic heterocycles. The van der Waals surface area contributed by atoms with Gasteiger partial charge in [0.15, 0.2) is 0 Å². The number of aromatic carboxylic acids is 1. The van der Waals surface area contributed by atoms with Gasteiger partial charge in [-0.05, 0) is 61.0 Å². The van der Waals surface area contributed by atoms with E-state index >= 15 is 0 Å². The number of carboxylic acids is 1. The van der Waals surface area contributed by atoms with E-state index in [-0.39, 0.29) is 11.5 Å². The highest BCUT2D eigenvalue weighted by Crippen LogP contribution is 2.35. The quantitative estimate of drug-likeness (QED) is 0.529. The van der Waals surface area contributed by atoms with Crippen molar-refractivity contribution in [3.8, 4) is 0 Å². The Morgan fingerprint density at radius 1 is 1.00 bits per heavy atom. The van der Waals surface area contributed by atoms with E-state index < -0.39 is 11.9 Å². The summed E-state index contributed by atoms with van der Waals surface area (Å²) in [6.45, 7) is 3.48. The second-order valence-corrected chi connectivity index (χ2v) is 8.11. The van der Waals surface area contributed by atoms with Gasteiger partial charge in [0.05, 0.1) is 11.3 Å². The molecule has 0 saturated carbocycles. The van der Waals surface area contributed by atoms with Crippen molar-refractivity contribution >= 4 is 29.0 Å². The lowest BCUT2D eigenvalue weighted by molar-refractivity contribution is -0.115. The summed E-state index contributed by atoms with van der Waals surface area (Å²) >= 11 is 0. The van der Waals surface area contributed by atoms with Gasteiger partial charge in [-0.3, -0.25) is 14.7 Å². The average molecular weight is 428 g/mol. The molecule has 3 aromatic rings. The first-order chi connectivity index (χ1) is 15.4. The predicted molar refractivity (Wildman–Crippen MR) is 126 cm³/mol. The lowest BCUT2D eigenvalue weighted by Gasteiger charge is -2.17. The molecule has 2 N–H and O–H groups in total. The van der Waals surface area contributed by atoms with Crippen LogP contribution in [0.1, 0.15) is 39.9 Å². The highest BCUT2D eigenvalue weighted by atomic mass is 16.4. The van der Waals surface area contributed by atoms with Gasteiger partial charge in [0.2, 0.25) is 5.91 Å². The van der Waals surface area contributed by atoms with Crippen LogP contribution in [0.5, 0.6) is 0 Å². The van der Waals surface area contributed by atoms with Crippen molar-refractivity contribution < 1.29 is 14.7 Å². The number of hydrogen-bond donors (Lipinski definition) is 2. The standard InChI is InChI=1S/C26H25N3O3/c1-17(24-22-14-20(26(31)32)10-13-23(22)28-25(24)30)27-21-11-8-19(9-12-21)16-29(2)15-18-6-4-3-5-7-18/h3-14,24H,15-16H2,1-2H3,(H,28,30)(H,31,32). The van der Waals surface area contributed by atoms with Crippen molar-refractivity contribution in [2.24, 2.45) is 4.99 Å². The molecular weight excluding hydrogens is 402 g/mol. The number of fused-ring (bicyclic) bond motifs is 1. The van der Waals surface area contributed by atoms with E-state index in [0.717, 1.165) is 18.8 Å². The largest absolute Gasteiger partial charge is 0.478 e. The first-order valence-corrected chi connectivity index (χ1v) is 10.5. The number of nitrogens with one attached hydrogen (secondary N) is 1. The highest BCUT2D eigenvalue weighted by molar-refractivity contribution is 6.18. The SMILES string of the molecule is CC(=Nc1ccc(CN(C)Cc2ccccc2)cc1)C1C(=O)Nc2ccc(C(=O)O)cc21. The third-order valence-electron chi connectivity index (χ3n) is 5.54. The number of benzene rings is 3. The Balaban J connectivity index is 1.47. The van der Waals surface area contributed by atoms with Gasteiger partial charge in [0.25, 0.3) is 0 Å². The minimum Gasteiger partial charge on any atom is -0.478 e. The molecule has 1 aliphatic rings. The van der Waals surface area contributed by atoms with Gasteiger partial charge in [-0.25, -0.2) is 4.79 Å². The van der Waals surface area contributed by atoms with Gasteiger partial charge >= 0.3 is 5.97 Å². The number of nitrogens with zero attached hydrogens (tertiary/aromatic N) is 2. The maximum absolute atomic E-state index is 12.5. The van der Waals surface area contributed by atoms with Crippen molar-refractivity contribution in [3.05, 3.63) is 95.1 Å². The number of anilines is 1. The third-order valence-corrected chi connectivity index (χ3v) is 5.54. The number of hydrogen-bond acceptors (Lipinski definition) is 4. The topological polar surface area (TPSA) is 82.0 Å². The summed E-state index contributed by atoms with van der Waals surface area (Å²) in [4.78, 5) is 30.7. The highest BCUT2D eigenvalue weighted by Gasteiger charge is 2.33. The molecule has 162 valence electrons. The summed E-state index contributed by atoms with van der Waals surface area (Å²) in [5, 5.41) is 12.1. The summed E-state index contributed by atoms with van der Waals surface area (Å²) in [5.74, 6) is -1.81. The minimum atomic E-state index is -1.02. The van der Waals surface area contributed by atoms with Crippen LogP contribution in [-0.4, -0.2) is 34.6 Å². The molecule has 4 rings (SSSR count). The fourth-order valence-corrected chi connectivity index (χ4v) is 4.02. The van der Waals surface area contributed by atoms with Crippen LogP contribution in [0.4, 0.5) is 11.4 Å². The maximum Gasteiger partial charge on any atom is 0.335 e. The molecule has 0 aromatic heterocycles. The van der Waals surface area contributed by atoms with Gasteiger partial charge in [-0.15, -0.1) is 0 Å². The van der Waals surface area contributed by atoms with Crippen molar-refractivity contribution in [2.75, 3.05) is 12.4 Å². The number of rotatable bonds is 7. The molecule has 1 amide bonds. The van der Waals surface area contributed by atoms with E-state index in [1.165, 1.54) is 17.2 Å². The van der Waals surface area contributed by atoms with Crippen LogP contribution in [0.2, 0.25) is 0 Å². The van der Waals surface area contributed by atoms with Crippen LogP contribution in [0, 0.1) is 0 Å². The summed E-state index contributed by atoms with van der Waals surface area (Å²) in [6.07, 6.45) is 0. The Hall–Kier alpha value is -3.77. The third kappa shape index (κ3) is 4.76. The van der Waals surface area contributed by atoms with Gasteiger partial charge in [0, 0.05) is 24.5 Å². The lowest BCUT2D eigenvalue weighted by atomic mass is 9.94. The second kappa shape index (κ2) is 9.16. The zero-order chi connectivity index (χ0) is 22.7. The molecule has 0 saturated heterocycles. The molecule has 0 radical (unpaired) electrons. The molecule has 0 bridgehead atoms. The molecule has 32 heavy (non-hydrogen) atoms. The summed E-state index contributed by atoms with van der Waals surface area (Å²) in [7, 11) is 2.09. The monoisotopic (exact) mass is 427 g/mol. The zero-order valence-corrected chi connectivity index (χ0v) is 18.1. The van der Waals surface area contributed by atoms with E-state index in [1.54, 1.807) is 19.1 Å². The van der Waals surface area contributed by atoms with E-state index in [4.69, 9.17) is 0 Å². The van der Waals surface area contributed by atoms with Gasteiger partial charge < -0.3 is 10.4 Å². The molecule has 0 fully saturated rings. The molecule has 0 spiro atoms. The Morgan fingerprint density at radius 2 is 1.66 bits per heavy atom. The molecule has 1 atom stereocenters. The molecule has 6 heteroatoms. The second-order valence-electron chi connectivity index (χ2n) is 8.11. The first kappa shape index (κ1) is 21.5. The lowest BCUT2D eigenvalue weighted by Crippen LogP contribution is -2.18.